The molecule has 2 N–H and O–H groups in total. The van der Waals surface area contributed by atoms with Crippen LogP contribution in [0.25, 0.3) is 0 Å². The lowest BCUT2D eigenvalue weighted by Gasteiger charge is -2.51. The Kier molecular flexibility index (Phi) is 4.00. The lowest BCUT2D eigenvalue weighted by molar-refractivity contribution is -0.137. The van der Waals surface area contributed by atoms with Crippen molar-refractivity contribution >= 4 is 11.8 Å². The van der Waals surface area contributed by atoms with Crippen LogP contribution < -0.4 is 15.2 Å². The molecule has 7 nitrogen and oxygen atoms in total. The molecule has 5 heterocycles. The van der Waals surface area contributed by atoms with Crippen LogP contribution in [0, 0.1) is 5.92 Å². The first kappa shape index (κ1) is 16.9. The van der Waals surface area contributed by atoms with Gasteiger partial charge in [-0.3, -0.25) is 14.5 Å². The number of likely N-dealkylation sites (tertiary alicyclic amines) is 1. The minimum Gasteiger partial charge on any atom is -0.454 e. The zero-order chi connectivity index (χ0) is 18.5. The summed E-state index contributed by atoms with van der Waals surface area (Å²) in [6.07, 6.45) is 2.62. The molecule has 0 aliphatic carbocycles. The Hall–Kier alpha value is -2.28. The highest BCUT2D eigenvalue weighted by Crippen LogP contribution is 2.48. The monoisotopic (exact) mass is 371 g/mol. The van der Waals surface area contributed by atoms with E-state index in [4.69, 9.17) is 15.2 Å². The van der Waals surface area contributed by atoms with Crippen LogP contribution in [0.2, 0.25) is 0 Å². The number of carbonyl (C=O) groups is 2. The third-order valence-electron chi connectivity index (χ3n) is 6.72. The van der Waals surface area contributed by atoms with Gasteiger partial charge in [-0.2, -0.15) is 0 Å². The molecule has 0 spiro atoms. The summed E-state index contributed by atoms with van der Waals surface area (Å²) < 4.78 is 11.0. The van der Waals surface area contributed by atoms with Crippen molar-refractivity contribution < 1.29 is 19.1 Å². The van der Waals surface area contributed by atoms with Crippen LogP contribution >= 0.6 is 0 Å². The Bertz CT molecular complexity index is 774. The van der Waals surface area contributed by atoms with Crippen LogP contribution in [0.5, 0.6) is 11.5 Å². The molecule has 3 atom stereocenters. The third kappa shape index (κ3) is 2.76. The minimum absolute atomic E-state index is 0.0563. The molecule has 1 aromatic rings. The first-order valence-corrected chi connectivity index (χ1v) is 9.83. The number of amides is 2. The maximum absolute atomic E-state index is 12.9. The van der Waals surface area contributed by atoms with Crippen LogP contribution in [0.4, 0.5) is 0 Å². The Labute approximate surface area is 158 Å². The fourth-order valence-electron chi connectivity index (χ4n) is 5.52. The summed E-state index contributed by atoms with van der Waals surface area (Å²) in [6, 6.07) is 6.74. The van der Waals surface area contributed by atoms with Gasteiger partial charge in [-0.1, -0.05) is 6.07 Å². The van der Waals surface area contributed by atoms with Crippen molar-refractivity contribution in [2.24, 2.45) is 11.7 Å². The molecule has 4 saturated heterocycles. The molecule has 2 bridgehead atoms. The molecular weight excluding hydrogens is 346 g/mol. The number of fused-ring (bicyclic) bond motifs is 3. The van der Waals surface area contributed by atoms with Crippen molar-refractivity contribution in [3.8, 4) is 11.5 Å². The van der Waals surface area contributed by atoms with Gasteiger partial charge in [0.25, 0.3) is 0 Å². The molecule has 6 rings (SSSR count). The Balaban J connectivity index is 1.45. The number of rotatable bonds is 4. The van der Waals surface area contributed by atoms with Crippen LogP contribution in [0.15, 0.2) is 18.2 Å². The highest BCUT2D eigenvalue weighted by molar-refractivity contribution is 5.83. The summed E-state index contributed by atoms with van der Waals surface area (Å²) >= 11 is 0. The lowest BCUT2D eigenvalue weighted by atomic mass is 9.75. The highest BCUT2D eigenvalue weighted by atomic mass is 16.7. The van der Waals surface area contributed by atoms with E-state index in [1.54, 1.807) is 0 Å². The molecule has 7 heteroatoms. The van der Waals surface area contributed by atoms with Crippen molar-refractivity contribution in [2.45, 2.75) is 43.7 Å². The smallest absolute Gasteiger partial charge is 0.231 e. The van der Waals surface area contributed by atoms with Gasteiger partial charge in [0.15, 0.2) is 11.5 Å². The Morgan fingerprint density at radius 1 is 1.07 bits per heavy atom. The van der Waals surface area contributed by atoms with E-state index in [1.807, 2.05) is 11.0 Å². The van der Waals surface area contributed by atoms with E-state index in [0.717, 1.165) is 37.4 Å². The lowest BCUT2D eigenvalue weighted by Crippen LogP contribution is -2.60. The van der Waals surface area contributed by atoms with Gasteiger partial charge in [-0.15, -0.1) is 0 Å². The average molecular weight is 371 g/mol. The van der Waals surface area contributed by atoms with E-state index in [9.17, 15) is 9.59 Å². The maximum atomic E-state index is 12.9. The van der Waals surface area contributed by atoms with E-state index in [-0.39, 0.29) is 37.5 Å². The van der Waals surface area contributed by atoms with Gasteiger partial charge in [0.1, 0.15) is 0 Å². The van der Waals surface area contributed by atoms with Crippen LogP contribution in [0.3, 0.4) is 0 Å². The standard InChI is InChI=1S/C20H25N3O4/c21-17(24)3-4-18(25)23-10-14(13-1-2-15-16(9-13)27-11-26-15)20-19(23)12-5-7-22(20)8-6-12/h1-2,9,12,14,19-20H,3-8,10-11H2,(H2,21,24)/t14-,19+,20+/m0/s1. The average Bonchev–Trinajstić information content (AvgIpc) is 3.32. The summed E-state index contributed by atoms with van der Waals surface area (Å²) in [6.45, 7) is 3.17. The van der Waals surface area contributed by atoms with Gasteiger partial charge in [-0.25, -0.2) is 0 Å². The molecule has 5 aliphatic heterocycles. The third-order valence-corrected chi connectivity index (χ3v) is 6.72. The number of ether oxygens (including phenoxy) is 2. The summed E-state index contributed by atoms with van der Waals surface area (Å²) in [7, 11) is 0. The van der Waals surface area contributed by atoms with Crippen LogP contribution in [0.1, 0.15) is 37.2 Å². The molecule has 0 saturated carbocycles. The van der Waals surface area contributed by atoms with Gasteiger partial charge in [-0.05, 0) is 49.5 Å². The predicted octanol–water partition coefficient (Wildman–Crippen LogP) is 1.07. The Morgan fingerprint density at radius 3 is 2.63 bits per heavy atom. The number of benzene rings is 1. The largest absolute Gasteiger partial charge is 0.454 e. The van der Waals surface area contributed by atoms with E-state index < -0.39 is 5.91 Å². The fraction of sp³-hybridized carbons (Fsp3) is 0.600. The van der Waals surface area contributed by atoms with E-state index in [0.29, 0.717) is 18.5 Å². The summed E-state index contributed by atoms with van der Waals surface area (Å²) in [5, 5.41) is 0. The topological polar surface area (TPSA) is 85.1 Å². The number of nitrogens with two attached hydrogens (primary N) is 1. The quantitative estimate of drug-likeness (QED) is 0.856. The second-order valence-electron chi connectivity index (χ2n) is 8.09. The normalized spacial score (nSPS) is 33.2. The molecule has 2 amide bonds. The second kappa shape index (κ2) is 6.41. The zero-order valence-electron chi connectivity index (χ0n) is 15.3. The fourth-order valence-corrected chi connectivity index (χ4v) is 5.52. The molecule has 144 valence electrons. The first-order chi connectivity index (χ1) is 13.1. The first-order valence-electron chi connectivity index (χ1n) is 9.83. The molecule has 1 aromatic carbocycles. The maximum Gasteiger partial charge on any atom is 0.231 e. The van der Waals surface area contributed by atoms with E-state index in [2.05, 4.69) is 17.0 Å². The van der Waals surface area contributed by atoms with E-state index in [1.165, 1.54) is 5.56 Å². The summed E-state index contributed by atoms with van der Waals surface area (Å²) in [4.78, 5) is 28.6. The highest BCUT2D eigenvalue weighted by Gasteiger charge is 2.54. The number of hydrogen-bond donors (Lipinski definition) is 1. The van der Waals surface area contributed by atoms with Gasteiger partial charge in [0.05, 0.1) is 6.04 Å². The van der Waals surface area contributed by atoms with Gasteiger partial charge in [0.2, 0.25) is 18.6 Å². The SMILES string of the molecule is NC(=O)CCC(=O)N1C[C@@H](c2ccc3c(c2)OCO3)[C@@H]2[C@H]1C1CCN2CC1. The number of piperidine rings is 3. The molecule has 4 fully saturated rings. The van der Waals surface area contributed by atoms with Crippen molar-refractivity contribution in [2.75, 3.05) is 26.4 Å². The van der Waals surface area contributed by atoms with Crippen molar-refractivity contribution in [1.29, 1.82) is 0 Å². The number of carbonyl (C=O) groups excluding carboxylic acids is 2. The van der Waals surface area contributed by atoms with Gasteiger partial charge >= 0.3 is 0 Å². The second-order valence-corrected chi connectivity index (χ2v) is 8.09. The molecule has 0 aromatic heterocycles. The van der Waals surface area contributed by atoms with Gasteiger partial charge in [0, 0.05) is 31.3 Å². The van der Waals surface area contributed by atoms with Gasteiger partial charge < -0.3 is 20.1 Å². The summed E-state index contributed by atoms with van der Waals surface area (Å²) in [5.41, 5.74) is 6.46. The van der Waals surface area contributed by atoms with Crippen molar-refractivity contribution in [3.05, 3.63) is 23.8 Å². The molecule has 0 unspecified atom stereocenters. The number of hydrogen-bond acceptors (Lipinski definition) is 5. The Morgan fingerprint density at radius 2 is 1.85 bits per heavy atom. The zero-order valence-corrected chi connectivity index (χ0v) is 15.3. The predicted molar refractivity (Wildman–Crippen MR) is 97.3 cm³/mol. The van der Waals surface area contributed by atoms with E-state index >= 15 is 0 Å². The number of nitrogens with zero attached hydrogens (tertiary/aromatic N) is 2. The van der Waals surface area contributed by atoms with Crippen molar-refractivity contribution in [1.82, 2.24) is 9.80 Å². The molecule has 0 radical (unpaired) electrons. The minimum atomic E-state index is -0.416. The van der Waals surface area contributed by atoms with Crippen LogP contribution in [-0.2, 0) is 9.59 Å². The number of primary amides is 1. The molecule has 5 aliphatic rings. The molecule has 27 heavy (non-hydrogen) atoms. The van der Waals surface area contributed by atoms with Crippen LogP contribution in [-0.4, -0.2) is 60.1 Å². The summed E-state index contributed by atoms with van der Waals surface area (Å²) in [5.74, 6) is 2.02. The molecular formula is C20H25N3O4. The van der Waals surface area contributed by atoms with Crippen molar-refractivity contribution in [3.63, 3.8) is 0 Å².